The van der Waals surface area contributed by atoms with Crippen molar-refractivity contribution in [3.63, 3.8) is 0 Å². The first-order chi connectivity index (χ1) is 9.25. The molecule has 0 aliphatic carbocycles. The molecule has 2 aromatic carbocycles. The predicted octanol–water partition coefficient (Wildman–Crippen LogP) is 3.13. The fourth-order valence-electron chi connectivity index (χ4n) is 1.39. The van der Waals surface area contributed by atoms with Gasteiger partial charge in [-0.3, -0.25) is 10.2 Å². The van der Waals surface area contributed by atoms with Gasteiger partial charge in [0.1, 0.15) is 6.34 Å². The fourth-order valence-corrected chi connectivity index (χ4v) is 1.52. The molecule has 0 aliphatic heterocycles. The molecule has 0 saturated heterocycles. The van der Waals surface area contributed by atoms with E-state index in [-0.39, 0.29) is 5.91 Å². The quantitative estimate of drug-likeness (QED) is 0.511. The van der Waals surface area contributed by atoms with Crippen LogP contribution < -0.4 is 10.7 Å². The SMILES string of the molecule is O=C(N/C=N/Nc1ccc(Cl)cc1)c1ccccc1. The van der Waals surface area contributed by atoms with Gasteiger partial charge < -0.3 is 5.32 Å². The van der Waals surface area contributed by atoms with E-state index in [1.54, 1.807) is 48.5 Å². The highest BCUT2D eigenvalue weighted by Crippen LogP contribution is 2.12. The van der Waals surface area contributed by atoms with Crippen LogP contribution >= 0.6 is 11.6 Å². The maximum Gasteiger partial charge on any atom is 0.256 e. The van der Waals surface area contributed by atoms with Crippen molar-refractivity contribution in [2.24, 2.45) is 5.10 Å². The summed E-state index contributed by atoms with van der Waals surface area (Å²) >= 11 is 5.76. The number of hydrogen-bond donors (Lipinski definition) is 2. The van der Waals surface area contributed by atoms with E-state index in [0.29, 0.717) is 10.6 Å². The molecule has 0 aromatic heterocycles. The molecule has 1 amide bonds. The average Bonchev–Trinajstić information content (AvgIpc) is 2.46. The van der Waals surface area contributed by atoms with Crippen molar-refractivity contribution in [3.05, 3.63) is 65.2 Å². The minimum Gasteiger partial charge on any atom is -0.311 e. The summed E-state index contributed by atoms with van der Waals surface area (Å²) in [5.41, 5.74) is 4.15. The van der Waals surface area contributed by atoms with Gasteiger partial charge in [0.25, 0.3) is 5.91 Å². The van der Waals surface area contributed by atoms with Gasteiger partial charge >= 0.3 is 0 Å². The minimum absolute atomic E-state index is 0.206. The third-order valence-electron chi connectivity index (χ3n) is 2.33. The number of carbonyl (C=O) groups is 1. The summed E-state index contributed by atoms with van der Waals surface area (Å²) in [6, 6.07) is 16.0. The van der Waals surface area contributed by atoms with Gasteiger partial charge in [-0.25, -0.2) is 0 Å². The first kappa shape index (κ1) is 13.1. The first-order valence-corrected chi connectivity index (χ1v) is 6.02. The van der Waals surface area contributed by atoms with Gasteiger partial charge in [-0.1, -0.05) is 29.8 Å². The van der Waals surface area contributed by atoms with E-state index in [1.165, 1.54) is 6.34 Å². The molecule has 0 bridgehead atoms. The van der Waals surface area contributed by atoms with Crippen LogP contribution in [0.5, 0.6) is 0 Å². The van der Waals surface area contributed by atoms with Crippen molar-refractivity contribution in [2.75, 3.05) is 5.43 Å². The Hall–Kier alpha value is -2.33. The van der Waals surface area contributed by atoms with Gasteiger partial charge in [-0.2, -0.15) is 5.10 Å². The summed E-state index contributed by atoms with van der Waals surface area (Å²) in [7, 11) is 0. The molecule has 0 saturated carbocycles. The van der Waals surface area contributed by atoms with Crippen molar-refractivity contribution in [3.8, 4) is 0 Å². The average molecular weight is 274 g/mol. The molecule has 5 heteroatoms. The van der Waals surface area contributed by atoms with E-state index in [4.69, 9.17) is 11.6 Å². The molecule has 96 valence electrons. The molecular weight excluding hydrogens is 262 g/mol. The second kappa shape index (κ2) is 6.56. The van der Waals surface area contributed by atoms with Crippen molar-refractivity contribution in [2.45, 2.75) is 0 Å². The largest absolute Gasteiger partial charge is 0.311 e. The fraction of sp³-hybridized carbons (Fsp3) is 0. The monoisotopic (exact) mass is 273 g/mol. The second-order valence-electron chi connectivity index (χ2n) is 3.72. The van der Waals surface area contributed by atoms with Gasteiger partial charge in [0.2, 0.25) is 0 Å². The molecule has 0 unspecified atom stereocenters. The summed E-state index contributed by atoms with van der Waals surface area (Å²) in [6.07, 6.45) is 1.31. The number of nitrogens with one attached hydrogen (secondary N) is 2. The van der Waals surface area contributed by atoms with Crippen LogP contribution in [-0.4, -0.2) is 12.2 Å². The Bertz CT molecular complexity index is 567. The summed E-state index contributed by atoms with van der Waals surface area (Å²) in [5.74, 6) is -0.206. The highest BCUT2D eigenvalue weighted by Gasteiger charge is 2.00. The number of halogens is 1. The summed E-state index contributed by atoms with van der Waals surface area (Å²) in [6.45, 7) is 0. The van der Waals surface area contributed by atoms with Crippen molar-refractivity contribution < 1.29 is 4.79 Å². The number of hydrazone groups is 1. The number of hydrogen-bond acceptors (Lipinski definition) is 3. The number of nitrogens with zero attached hydrogens (tertiary/aromatic N) is 1. The van der Waals surface area contributed by atoms with E-state index in [1.807, 2.05) is 6.07 Å². The zero-order valence-corrected chi connectivity index (χ0v) is 10.8. The maximum atomic E-state index is 11.7. The minimum atomic E-state index is -0.206. The summed E-state index contributed by atoms with van der Waals surface area (Å²) in [5, 5.41) is 7.11. The third-order valence-corrected chi connectivity index (χ3v) is 2.59. The van der Waals surface area contributed by atoms with Gasteiger partial charge in [-0.05, 0) is 36.4 Å². The van der Waals surface area contributed by atoms with Crippen molar-refractivity contribution in [1.82, 2.24) is 5.32 Å². The number of carbonyl (C=O) groups excluding carboxylic acids is 1. The zero-order valence-electron chi connectivity index (χ0n) is 10.0. The maximum absolute atomic E-state index is 11.7. The molecule has 0 aliphatic rings. The van der Waals surface area contributed by atoms with E-state index in [9.17, 15) is 4.79 Å². The van der Waals surface area contributed by atoms with Crippen LogP contribution in [0.2, 0.25) is 5.02 Å². The van der Waals surface area contributed by atoms with Gasteiger partial charge in [0.05, 0.1) is 5.69 Å². The van der Waals surface area contributed by atoms with Crippen molar-refractivity contribution in [1.29, 1.82) is 0 Å². The molecule has 2 rings (SSSR count). The van der Waals surface area contributed by atoms with Crippen LogP contribution in [-0.2, 0) is 0 Å². The topological polar surface area (TPSA) is 53.5 Å². The molecular formula is C14H12ClN3O. The Morgan fingerprint density at radius 1 is 1.05 bits per heavy atom. The van der Waals surface area contributed by atoms with Crippen LogP contribution in [0.4, 0.5) is 5.69 Å². The van der Waals surface area contributed by atoms with Crippen LogP contribution in [0.25, 0.3) is 0 Å². The lowest BCUT2D eigenvalue weighted by molar-refractivity contribution is 0.0978. The lowest BCUT2D eigenvalue weighted by atomic mass is 10.2. The zero-order chi connectivity index (χ0) is 13.5. The van der Waals surface area contributed by atoms with Crippen LogP contribution in [0, 0.1) is 0 Å². The third kappa shape index (κ3) is 4.12. The highest BCUT2D eigenvalue weighted by molar-refractivity contribution is 6.30. The molecule has 19 heavy (non-hydrogen) atoms. The smallest absolute Gasteiger partial charge is 0.256 e. The molecule has 0 spiro atoms. The molecule has 0 fully saturated rings. The highest BCUT2D eigenvalue weighted by atomic mass is 35.5. The molecule has 0 heterocycles. The van der Waals surface area contributed by atoms with Gasteiger partial charge in [0, 0.05) is 10.6 Å². The Morgan fingerprint density at radius 2 is 1.74 bits per heavy atom. The van der Waals surface area contributed by atoms with E-state index >= 15 is 0 Å². The Balaban J connectivity index is 1.84. The first-order valence-electron chi connectivity index (χ1n) is 5.65. The van der Waals surface area contributed by atoms with Gasteiger partial charge in [-0.15, -0.1) is 0 Å². The Kier molecular flexibility index (Phi) is 4.53. The van der Waals surface area contributed by atoms with E-state index in [0.717, 1.165) is 5.69 Å². The second-order valence-corrected chi connectivity index (χ2v) is 4.15. The molecule has 2 aromatic rings. The number of anilines is 1. The molecule has 2 N–H and O–H groups in total. The predicted molar refractivity (Wildman–Crippen MR) is 77.5 cm³/mol. The van der Waals surface area contributed by atoms with Crippen molar-refractivity contribution >= 4 is 29.5 Å². The molecule has 0 radical (unpaired) electrons. The standard InChI is InChI=1S/C14H12ClN3O/c15-12-6-8-13(9-7-12)18-17-10-16-14(19)11-4-2-1-3-5-11/h1-10,18H,(H,16,17,19). The van der Waals surface area contributed by atoms with Crippen LogP contribution in [0.15, 0.2) is 59.7 Å². The lowest BCUT2D eigenvalue weighted by Crippen LogP contribution is -2.21. The van der Waals surface area contributed by atoms with Gasteiger partial charge in [0.15, 0.2) is 0 Å². The number of benzene rings is 2. The van der Waals surface area contributed by atoms with Crippen LogP contribution in [0.3, 0.4) is 0 Å². The summed E-state index contributed by atoms with van der Waals surface area (Å²) in [4.78, 5) is 11.7. The van der Waals surface area contributed by atoms with Crippen LogP contribution in [0.1, 0.15) is 10.4 Å². The molecule has 4 nitrogen and oxygen atoms in total. The number of amides is 1. The summed E-state index contributed by atoms with van der Waals surface area (Å²) < 4.78 is 0. The van der Waals surface area contributed by atoms with E-state index in [2.05, 4.69) is 15.8 Å². The van der Waals surface area contributed by atoms with E-state index < -0.39 is 0 Å². The Morgan fingerprint density at radius 3 is 2.42 bits per heavy atom. The Labute approximate surface area is 116 Å². The normalized spacial score (nSPS) is 10.4. The lowest BCUT2D eigenvalue weighted by Gasteiger charge is -2.01. The number of rotatable bonds is 4. The molecule has 0 atom stereocenters.